The zero-order chi connectivity index (χ0) is 78.5. The number of halogens is 3. The summed E-state index contributed by atoms with van der Waals surface area (Å²) in [7, 11) is 0. The molecule has 109 heavy (non-hydrogen) atoms. The van der Waals surface area contributed by atoms with Gasteiger partial charge < -0.3 is 93.5 Å². The number of benzene rings is 2. The number of phenols is 2. The quantitative estimate of drug-likeness (QED) is 0.00536. The number of phenolic OH excluding ortho intramolecular Hbond substituents is 2. The zero-order valence-electron chi connectivity index (χ0n) is 59.9. The molecule has 40 heteroatoms. The van der Waals surface area contributed by atoms with Gasteiger partial charge in [-0.2, -0.15) is 0 Å². The van der Waals surface area contributed by atoms with Gasteiger partial charge in [-0.15, -0.1) is 35.6 Å². The number of carboxylic acids is 1. The maximum Gasteiger partial charge on any atom is 0.355 e. The molecule has 3 amide bonds. The van der Waals surface area contributed by atoms with Gasteiger partial charge in [0.1, 0.15) is 57.7 Å². The number of esters is 4. The van der Waals surface area contributed by atoms with Crippen LogP contribution in [0, 0.1) is 0 Å². The molecule has 0 bridgehead atoms. The largest absolute Gasteiger partial charge is 0.508 e. The second-order valence-corrected chi connectivity index (χ2v) is 24.4. The van der Waals surface area contributed by atoms with Crippen molar-refractivity contribution in [2.24, 2.45) is 16.0 Å². The number of rotatable bonds is 35. The van der Waals surface area contributed by atoms with Crippen molar-refractivity contribution in [3.05, 3.63) is 135 Å². The van der Waals surface area contributed by atoms with E-state index in [1.54, 1.807) is 65.4 Å². The van der Waals surface area contributed by atoms with Crippen molar-refractivity contribution in [1.29, 1.82) is 0 Å². The highest BCUT2D eigenvalue weighted by atomic mass is 35.5. The Balaban J connectivity index is 0.000000277. The van der Waals surface area contributed by atoms with Crippen molar-refractivity contribution in [3.8, 4) is 34.3 Å². The number of aryl methyl sites for hydroxylation is 2. The van der Waals surface area contributed by atoms with Gasteiger partial charge in [-0.1, -0.05) is 37.9 Å². The molecule has 4 aliphatic heterocycles. The number of fused-ring (bicyclic) bond motifs is 10. The van der Waals surface area contributed by atoms with Gasteiger partial charge in [0.2, 0.25) is 28.9 Å². The third-order valence-electron chi connectivity index (χ3n) is 17.0. The number of ether oxygens (including phenoxy) is 10. The van der Waals surface area contributed by atoms with Crippen LogP contribution in [0.1, 0.15) is 85.0 Å². The Hall–Kier alpha value is -10.3. The minimum absolute atomic E-state index is 0. The summed E-state index contributed by atoms with van der Waals surface area (Å²) in [5.41, 5.74) is 25.3. The lowest BCUT2D eigenvalue weighted by Gasteiger charge is -2.35. The molecule has 8 N–H and O–H groups in total. The summed E-state index contributed by atoms with van der Waals surface area (Å²) in [6, 6.07) is 13.2. The molecule has 2 aromatic carbocycles. The van der Waals surface area contributed by atoms with Gasteiger partial charge in [-0.25, -0.2) is 24.4 Å². The number of aliphatic carboxylic acids is 1. The Labute approximate surface area is 637 Å². The van der Waals surface area contributed by atoms with Crippen LogP contribution in [0.4, 0.5) is 0 Å². The minimum atomic E-state index is -1.96. The first-order valence-electron chi connectivity index (χ1n) is 34.0. The first-order chi connectivity index (χ1) is 52.0. The number of hydrogen-bond donors (Lipinski definition) is 7. The number of aromatic nitrogens is 4. The van der Waals surface area contributed by atoms with E-state index in [0.717, 1.165) is 33.0 Å². The summed E-state index contributed by atoms with van der Waals surface area (Å²) >= 11 is 9.53. The third kappa shape index (κ3) is 22.2. The fourth-order valence-electron chi connectivity index (χ4n) is 12.1. The van der Waals surface area contributed by atoms with Crippen molar-refractivity contribution in [2.75, 3.05) is 124 Å². The summed E-state index contributed by atoms with van der Waals surface area (Å²) < 4.78 is 55.5. The van der Waals surface area contributed by atoms with Crippen LogP contribution in [0.5, 0.6) is 11.5 Å². The Bertz CT molecular complexity index is 4530. The van der Waals surface area contributed by atoms with Gasteiger partial charge in [0.25, 0.3) is 11.1 Å². The lowest BCUT2D eigenvalue weighted by Crippen LogP contribution is -2.49. The van der Waals surface area contributed by atoms with E-state index in [4.69, 9.17) is 97.7 Å². The number of nitrogens with two attached hydrogens (primary N) is 1. The maximum atomic E-state index is 13.9. The number of azide groups is 2. The predicted octanol–water partition coefficient (Wildman–Crippen LogP) is 4.74. The van der Waals surface area contributed by atoms with Crippen LogP contribution < -0.4 is 32.8 Å². The highest BCUT2D eigenvalue weighted by Gasteiger charge is 2.52. The molecule has 0 fully saturated rings. The Morgan fingerprint density at radius 2 is 0.972 bits per heavy atom. The van der Waals surface area contributed by atoms with E-state index in [2.05, 4.69) is 40.7 Å². The van der Waals surface area contributed by atoms with E-state index in [1.807, 2.05) is 13.8 Å². The first-order valence-corrected chi connectivity index (χ1v) is 35.1. The topological polar surface area (TPSA) is 519 Å². The van der Waals surface area contributed by atoms with Gasteiger partial charge in [-0.3, -0.25) is 33.6 Å². The molecular weight excluding hydrogens is 1500 g/mol. The summed E-state index contributed by atoms with van der Waals surface area (Å²) in [4.78, 5) is 139. The Morgan fingerprint density at radius 3 is 1.36 bits per heavy atom. The number of carbonyl (C=O) groups excluding carboxylic acids is 7. The average Bonchev–Trinajstić information content (AvgIpc) is 1.60. The Morgan fingerprint density at radius 1 is 0.578 bits per heavy atom. The molecule has 0 unspecified atom stereocenters. The van der Waals surface area contributed by atoms with E-state index in [-0.39, 0.29) is 130 Å². The summed E-state index contributed by atoms with van der Waals surface area (Å²) in [5, 5.41) is 44.2. The molecule has 10 rings (SSSR count). The molecule has 6 aromatic rings. The lowest BCUT2D eigenvalue weighted by atomic mass is 9.85. The van der Waals surface area contributed by atoms with Crippen molar-refractivity contribution in [3.63, 3.8) is 0 Å². The summed E-state index contributed by atoms with van der Waals surface area (Å²) in [6.07, 6.45) is 1.33. The fraction of sp³-hybridized carbons (Fsp3) is 0.478. The van der Waals surface area contributed by atoms with E-state index in [0.29, 0.717) is 98.3 Å². The molecule has 0 saturated heterocycles. The highest BCUT2D eigenvalue weighted by molar-refractivity contribution is 6.40. The molecule has 4 aromatic heterocycles. The van der Waals surface area contributed by atoms with Crippen molar-refractivity contribution >= 4 is 105 Å². The van der Waals surface area contributed by atoms with Crippen molar-refractivity contribution in [2.45, 2.75) is 90.9 Å². The van der Waals surface area contributed by atoms with E-state index in [9.17, 15) is 58.2 Å². The first kappa shape index (κ1) is 87.6. The lowest BCUT2D eigenvalue weighted by molar-refractivity contribution is -0.189. The van der Waals surface area contributed by atoms with Gasteiger partial charge in [0.15, 0.2) is 0 Å². The molecule has 0 saturated carbocycles. The standard InChI is InChI=1S/C34H39N7O11.C24H23N3O6.C10H18N4O6.CH2Cl2.ClH/c1-3-21-22-13-20(42)5-6-26(22)39-31-23(21)16-41-27(31)14-25-24(32(41)46)17-51-33(47)34(25,4-2)52-30(45)15-37-29(44)19-50-18-28(43)36-7-9-48-11-12-49-10-8-38-40-35;1-3-13-14-7-12(28)5-6-18(14)26-21-15(13)10-27-19(21)8-17-16(22(27)30)11-32-23(31)24(17,4-2)33-20(29)9-25;11-14-13-2-4-19-6-5-18-3-1-12-9(15)7-20-8-10(16)17;2-1-3;/h5-6,13-14,42H,3-4,7-12,15-19H2,1-2H3,(H,36,43)(H,37,44);5-8,28H,3-4,9-11,25H2,1-2H3;1-8H2,(H,12,15)(H,16,17);1H2;1H/t34-;24-;;;/m00.../s1. The predicted molar refractivity (Wildman–Crippen MR) is 391 cm³/mol. The number of alkyl halides is 2. The van der Waals surface area contributed by atoms with E-state index >= 15 is 0 Å². The third-order valence-corrected chi connectivity index (χ3v) is 17.0. The fourth-order valence-corrected chi connectivity index (χ4v) is 12.1. The van der Waals surface area contributed by atoms with Crippen LogP contribution in [0.25, 0.3) is 65.5 Å². The van der Waals surface area contributed by atoms with Gasteiger partial charge in [0.05, 0.1) is 123 Å². The van der Waals surface area contributed by atoms with E-state index < -0.39 is 97.2 Å². The minimum Gasteiger partial charge on any atom is -0.508 e. The molecule has 0 spiro atoms. The van der Waals surface area contributed by atoms with Crippen LogP contribution in [-0.2, 0) is 136 Å². The molecule has 0 radical (unpaired) electrons. The highest BCUT2D eigenvalue weighted by Crippen LogP contribution is 2.45. The average molecular weight is 1580 g/mol. The molecule has 0 aliphatic carbocycles. The van der Waals surface area contributed by atoms with Gasteiger partial charge in [0, 0.05) is 69.0 Å². The summed E-state index contributed by atoms with van der Waals surface area (Å²) in [6.45, 7) is 8.03. The molecule has 4 aliphatic rings. The monoisotopic (exact) mass is 1580 g/mol. The van der Waals surface area contributed by atoms with Crippen LogP contribution in [-0.4, -0.2) is 206 Å². The zero-order valence-corrected chi connectivity index (χ0v) is 62.3. The number of pyridine rings is 4. The number of hydrogen-bond acceptors (Lipinski definition) is 27. The molecule has 588 valence electrons. The van der Waals surface area contributed by atoms with E-state index in [1.165, 1.54) is 6.07 Å². The Kier molecular flexibility index (Phi) is 34.6. The number of carboxylic acid groups (broad SMARTS) is 1. The molecular formula is C69H83Cl3N14O23. The van der Waals surface area contributed by atoms with Crippen LogP contribution in [0.15, 0.2) is 68.3 Å². The van der Waals surface area contributed by atoms with Gasteiger partial charge in [-0.05, 0) is 96.4 Å². The number of amides is 3. The van der Waals surface area contributed by atoms with Crippen molar-refractivity contribution in [1.82, 2.24) is 35.1 Å². The molecule has 8 heterocycles. The van der Waals surface area contributed by atoms with Crippen molar-refractivity contribution < 1.29 is 101 Å². The van der Waals surface area contributed by atoms with Crippen LogP contribution in [0.3, 0.4) is 0 Å². The van der Waals surface area contributed by atoms with Crippen LogP contribution >= 0.6 is 35.6 Å². The number of carbonyl (C=O) groups is 8. The summed E-state index contributed by atoms with van der Waals surface area (Å²) in [5.74, 6) is -5.78. The SMILES string of the molecule is CCc1c2c(nc3ccc(O)cc13)-c1cc3c(c(=O)n1C2)COC(=O)[C@@]3(CC)OC(=O)CN.CCc1c2c(nc3ccc(O)cc13)-c1cc3c(c(=O)n1C2)COC(=O)[C@@]3(CC)OC(=O)CNC(=O)COCC(=O)NCCOCCOCCN=[N+]=[N-].Cl.ClCCl.[N-]=[N+]=NCCOCCOCCNC(=O)COCC(=O)O. The number of nitrogens with one attached hydrogen (secondary N) is 3. The number of cyclic esters (lactones) is 2. The number of aromatic hydroxyl groups is 2. The smallest absolute Gasteiger partial charge is 0.355 e. The normalized spacial score (nSPS) is 15.0. The molecule has 37 nitrogen and oxygen atoms in total. The second-order valence-electron chi connectivity index (χ2n) is 23.6. The van der Waals surface area contributed by atoms with Crippen LogP contribution in [0.2, 0.25) is 0 Å². The second kappa shape index (κ2) is 43.1. The van der Waals surface area contributed by atoms with Gasteiger partial charge >= 0.3 is 29.8 Å². The molecule has 2 atom stereocenters. The number of nitrogens with zero attached hydrogens (tertiary/aromatic N) is 10. The maximum absolute atomic E-state index is 13.9.